The van der Waals surface area contributed by atoms with Gasteiger partial charge in [-0.15, -0.1) is 0 Å². The Morgan fingerprint density at radius 3 is 2.25 bits per heavy atom. The highest BCUT2D eigenvalue weighted by atomic mass is 35.5. The Morgan fingerprint density at radius 2 is 1.68 bits per heavy atom. The average Bonchev–Trinajstić information content (AvgIpc) is 2.70. The van der Waals surface area contributed by atoms with E-state index in [0.717, 1.165) is 0 Å². The van der Waals surface area contributed by atoms with E-state index in [1.165, 1.54) is 20.4 Å². The first-order chi connectivity index (χ1) is 13.5. The molecule has 0 spiro atoms. The summed E-state index contributed by atoms with van der Waals surface area (Å²) >= 11 is 6.27. The lowest BCUT2D eigenvalue weighted by molar-refractivity contribution is 0.0954. The Kier molecular flexibility index (Phi) is 7.95. The second-order valence-electron chi connectivity index (χ2n) is 5.50. The van der Waals surface area contributed by atoms with Gasteiger partial charge < -0.3 is 18.9 Å². The Morgan fingerprint density at radius 1 is 1.04 bits per heavy atom. The molecule has 28 heavy (non-hydrogen) atoms. The average molecular weight is 407 g/mol. The summed E-state index contributed by atoms with van der Waals surface area (Å²) in [7, 11) is 3.03. The molecule has 0 atom stereocenters. The first-order valence-corrected chi connectivity index (χ1v) is 9.05. The largest absolute Gasteiger partial charge is 0.497 e. The van der Waals surface area contributed by atoms with Gasteiger partial charge in [-0.05, 0) is 43.7 Å². The van der Waals surface area contributed by atoms with Gasteiger partial charge in [0.2, 0.25) is 0 Å². The zero-order valence-electron chi connectivity index (χ0n) is 16.2. The van der Waals surface area contributed by atoms with Gasteiger partial charge >= 0.3 is 0 Å². The fourth-order valence-corrected chi connectivity index (χ4v) is 2.65. The molecule has 0 aliphatic heterocycles. The van der Waals surface area contributed by atoms with Gasteiger partial charge in [-0.3, -0.25) is 4.79 Å². The van der Waals surface area contributed by atoms with E-state index in [1.807, 2.05) is 13.8 Å². The summed E-state index contributed by atoms with van der Waals surface area (Å²) in [6.45, 7) is 4.66. The van der Waals surface area contributed by atoms with E-state index < -0.39 is 5.91 Å². The van der Waals surface area contributed by atoms with Crippen molar-refractivity contribution in [3.05, 3.63) is 46.5 Å². The minimum Gasteiger partial charge on any atom is -0.497 e. The molecule has 0 heterocycles. The summed E-state index contributed by atoms with van der Waals surface area (Å²) in [5.74, 6) is 1.61. The van der Waals surface area contributed by atoms with Crippen molar-refractivity contribution in [1.29, 1.82) is 0 Å². The molecule has 0 saturated heterocycles. The molecule has 1 N–H and O–H groups in total. The van der Waals surface area contributed by atoms with Gasteiger partial charge in [-0.1, -0.05) is 11.6 Å². The van der Waals surface area contributed by atoms with E-state index in [1.54, 1.807) is 30.3 Å². The number of carbonyl (C=O) groups excluding carboxylic acids is 1. The number of ether oxygens (including phenoxy) is 4. The summed E-state index contributed by atoms with van der Waals surface area (Å²) in [6.07, 6.45) is 1.47. The first-order valence-electron chi connectivity index (χ1n) is 8.67. The summed E-state index contributed by atoms with van der Waals surface area (Å²) < 4.78 is 21.4. The van der Waals surface area contributed by atoms with Gasteiger partial charge in [-0.2, -0.15) is 5.10 Å². The number of nitrogens with zero attached hydrogens (tertiary/aromatic N) is 1. The van der Waals surface area contributed by atoms with Gasteiger partial charge in [0.25, 0.3) is 5.91 Å². The number of hydrogen-bond acceptors (Lipinski definition) is 6. The van der Waals surface area contributed by atoms with Crippen LogP contribution < -0.4 is 24.4 Å². The summed E-state index contributed by atoms with van der Waals surface area (Å²) in [5, 5.41) is 4.39. The van der Waals surface area contributed by atoms with Crippen molar-refractivity contribution >= 4 is 23.7 Å². The van der Waals surface area contributed by atoms with Crippen molar-refractivity contribution in [2.24, 2.45) is 5.10 Å². The quantitative estimate of drug-likeness (QED) is 0.504. The molecule has 8 heteroatoms. The molecule has 2 rings (SSSR count). The molecule has 0 unspecified atom stereocenters. The molecule has 0 aliphatic carbocycles. The maximum absolute atomic E-state index is 12.3. The molecular formula is C20H23ClN2O5. The van der Waals surface area contributed by atoms with Gasteiger partial charge in [0.15, 0.2) is 11.5 Å². The van der Waals surface area contributed by atoms with E-state index in [9.17, 15) is 4.79 Å². The van der Waals surface area contributed by atoms with E-state index >= 15 is 0 Å². The number of benzene rings is 2. The molecule has 2 aromatic rings. The SMILES string of the molecule is CCOc1cc(/C=N\NC(=O)c2cc(OC)cc(OC)c2)cc(Cl)c1OCC. The number of amides is 1. The van der Waals surface area contributed by atoms with Crippen molar-refractivity contribution in [3.63, 3.8) is 0 Å². The van der Waals surface area contributed by atoms with Gasteiger partial charge in [0, 0.05) is 11.6 Å². The number of rotatable bonds is 9. The van der Waals surface area contributed by atoms with E-state index in [2.05, 4.69) is 10.5 Å². The first kappa shape index (κ1) is 21.4. The van der Waals surface area contributed by atoms with Crippen molar-refractivity contribution in [2.45, 2.75) is 13.8 Å². The number of nitrogens with one attached hydrogen (secondary N) is 1. The molecule has 2 aromatic carbocycles. The monoisotopic (exact) mass is 406 g/mol. The Balaban J connectivity index is 2.17. The predicted molar refractivity (Wildman–Crippen MR) is 108 cm³/mol. The van der Waals surface area contributed by atoms with Crippen LogP contribution in [-0.4, -0.2) is 39.6 Å². The summed E-state index contributed by atoms with van der Waals surface area (Å²) in [6, 6.07) is 8.28. The van der Waals surface area contributed by atoms with E-state index in [0.29, 0.717) is 52.4 Å². The number of halogens is 1. The van der Waals surface area contributed by atoms with Crippen molar-refractivity contribution in [3.8, 4) is 23.0 Å². The van der Waals surface area contributed by atoms with Crippen LogP contribution in [0.5, 0.6) is 23.0 Å². The fraction of sp³-hybridized carbons (Fsp3) is 0.300. The van der Waals surface area contributed by atoms with Crippen molar-refractivity contribution < 1.29 is 23.7 Å². The highest BCUT2D eigenvalue weighted by molar-refractivity contribution is 6.32. The lowest BCUT2D eigenvalue weighted by Crippen LogP contribution is -2.17. The third kappa shape index (κ3) is 5.53. The molecule has 0 saturated carbocycles. The number of hydrazone groups is 1. The number of hydrogen-bond donors (Lipinski definition) is 1. The molecule has 7 nitrogen and oxygen atoms in total. The van der Waals surface area contributed by atoms with Crippen LogP contribution in [0, 0.1) is 0 Å². The van der Waals surface area contributed by atoms with Crippen LogP contribution in [0.3, 0.4) is 0 Å². The third-order valence-corrected chi connectivity index (χ3v) is 3.89. The van der Waals surface area contributed by atoms with Gasteiger partial charge in [0.1, 0.15) is 11.5 Å². The Bertz CT molecular complexity index is 832. The van der Waals surface area contributed by atoms with E-state index in [-0.39, 0.29) is 0 Å². The van der Waals surface area contributed by atoms with Crippen molar-refractivity contribution in [2.75, 3.05) is 27.4 Å². The second kappa shape index (κ2) is 10.4. The molecule has 150 valence electrons. The molecule has 0 bridgehead atoms. The fourth-order valence-electron chi connectivity index (χ4n) is 2.38. The third-order valence-electron chi connectivity index (χ3n) is 3.61. The number of carbonyl (C=O) groups is 1. The molecule has 0 radical (unpaired) electrons. The summed E-state index contributed by atoms with van der Waals surface area (Å²) in [4.78, 5) is 12.3. The minimum absolute atomic E-state index is 0.355. The highest BCUT2D eigenvalue weighted by Gasteiger charge is 2.12. The normalized spacial score (nSPS) is 10.6. The molecule has 0 fully saturated rings. The van der Waals surface area contributed by atoms with Crippen LogP contribution in [0.15, 0.2) is 35.4 Å². The Labute approximate surface area is 169 Å². The standard InChI is InChI=1S/C20H23ClN2O5/c1-5-27-18-8-13(7-17(21)19(18)28-6-2)12-22-23-20(24)14-9-15(25-3)11-16(10-14)26-4/h7-12H,5-6H2,1-4H3,(H,23,24)/b22-12-. The lowest BCUT2D eigenvalue weighted by Gasteiger charge is -2.13. The Hall–Kier alpha value is -2.93. The maximum atomic E-state index is 12.3. The van der Waals surface area contributed by atoms with Crippen LogP contribution in [0.4, 0.5) is 0 Å². The maximum Gasteiger partial charge on any atom is 0.271 e. The minimum atomic E-state index is -0.407. The lowest BCUT2D eigenvalue weighted by atomic mass is 10.2. The van der Waals surface area contributed by atoms with Crippen LogP contribution in [0.2, 0.25) is 5.02 Å². The van der Waals surface area contributed by atoms with Crippen LogP contribution in [0.25, 0.3) is 0 Å². The van der Waals surface area contributed by atoms with Crippen LogP contribution in [-0.2, 0) is 0 Å². The molecular weight excluding hydrogens is 384 g/mol. The highest BCUT2D eigenvalue weighted by Crippen LogP contribution is 2.36. The molecule has 0 aliphatic rings. The zero-order valence-corrected chi connectivity index (χ0v) is 17.0. The van der Waals surface area contributed by atoms with Crippen LogP contribution >= 0.6 is 11.6 Å². The van der Waals surface area contributed by atoms with Gasteiger partial charge in [0.05, 0.1) is 38.7 Å². The zero-order chi connectivity index (χ0) is 20.5. The molecule has 1 amide bonds. The number of methoxy groups -OCH3 is 2. The second-order valence-corrected chi connectivity index (χ2v) is 5.90. The van der Waals surface area contributed by atoms with E-state index in [4.69, 9.17) is 30.5 Å². The smallest absolute Gasteiger partial charge is 0.271 e. The molecule has 0 aromatic heterocycles. The van der Waals surface area contributed by atoms with Crippen LogP contribution in [0.1, 0.15) is 29.8 Å². The van der Waals surface area contributed by atoms with Crippen molar-refractivity contribution in [1.82, 2.24) is 5.43 Å². The van der Waals surface area contributed by atoms with Gasteiger partial charge in [-0.25, -0.2) is 5.43 Å². The predicted octanol–water partition coefficient (Wildman–Crippen LogP) is 3.92. The topological polar surface area (TPSA) is 78.4 Å². The summed E-state index contributed by atoms with van der Waals surface area (Å²) in [5.41, 5.74) is 3.47.